The Bertz CT molecular complexity index is 542. The molecule has 22 heavy (non-hydrogen) atoms. The second-order valence-electron chi connectivity index (χ2n) is 5.77. The maximum atomic E-state index is 13.7. The third-order valence-electron chi connectivity index (χ3n) is 3.98. The summed E-state index contributed by atoms with van der Waals surface area (Å²) in [4.78, 5) is 14.4. The van der Waals surface area contributed by atoms with Crippen molar-refractivity contribution in [3.05, 3.63) is 41.2 Å². The average Bonchev–Trinajstić information content (AvgIpc) is 2.54. The summed E-state index contributed by atoms with van der Waals surface area (Å²) in [7, 11) is 0. The van der Waals surface area contributed by atoms with Crippen molar-refractivity contribution in [2.75, 3.05) is 26.3 Å². The number of rotatable bonds is 5. The summed E-state index contributed by atoms with van der Waals surface area (Å²) in [6, 6.07) is 6.50. The molecule has 1 saturated heterocycles. The molecule has 1 aromatic rings. The van der Waals surface area contributed by atoms with Gasteiger partial charge in [0.25, 0.3) is 0 Å². The molecule has 0 aromatic heterocycles. The van der Waals surface area contributed by atoms with Crippen molar-refractivity contribution >= 4 is 12.0 Å². The molecule has 2 rings (SSSR count). The summed E-state index contributed by atoms with van der Waals surface area (Å²) in [5, 5.41) is 0. The molecule has 0 radical (unpaired) electrons. The number of carbonyl (C=O) groups excluding carboxylic acids is 1. The lowest BCUT2D eigenvalue weighted by atomic mass is 9.98. The normalized spacial score (nSPS) is 19.3. The van der Waals surface area contributed by atoms with Gasteiger partial charge in [-0.15, -0.1) is 0 Å². The van der Waals surface area contributed by atoms with E-state index in [0.29, 0.717) is 30.3 Å². The van der Waals surface area contributed by atoms with Gasteiger partial charge < -0.3 is 9.64 Å². The Labute approximate surface area is 131 Å². The Morgan fingerprint density at radius 3 is 2.95 bits per heavy atom. The lowest BCUT2D eigenvalue weighted by Gasteiger charge is -2.32. The molecule has 1 atom stereocenters. The molecule has 1 unspecified atom stereocenters. The van der Waals surface area contributed by atoms with Gasteiger partial charge in [-0.2, -0.15) is 0 Å². The second-order valence-corrected chi connectivity index (χ2v) is 5.77. The number of carbonyl (C=O) groups is 1. The first-order valence-corrected chi connectivity index (χ1v) is 7.91. The van der Waals surface area contributed by atoms with Crippen molar-refractivity contribution in [3.63, 3.8) is 0 Å². The van der Waals surface area contributed by atoms with Crippen LogP contribution in [0.2, 0.25) is 0 Å². The Morgan fingerprint density at radius 1 is 1.45 bits per heavy atom. The molecule has 1 fully saturated rings. The van der Waals surface area contributed by atoms with Crippen molar-refractivity contribution in [3.8, 4) is 0 Å². The number of halogens is 1. The highest BCUT2D eigenvalue weighted by molar-refractivity contribution is 5.97. The number of hydrogen-bond donors (Lipinski definition) is 0. The summed E-state index contributed by atoms with van der Waals surface area (Å²) in [6.07, 6.45) is 3.72. The summed E-state index contributed by atoms with van der Waals surface area (Å²) >= 11 is 0. The van der Waals surface area contributed by atoms with Crippen LogP contribution in [0.3, 0.4) is 0 Å². The predicted molar refractivity (Wildman–Crippen MR) is 85.8 cm³/mol. The highest BCUT2D eigenvalue weighted by Gasteiger charge is 2.24. The van der Waals surface area contributed by atoms with Gasteiger partial charge in [0.2, 0.25) is 5.91 Å². The van der Waals surface area contributed by atoms with Crippen molar-refractivity contribution in [2.24, 2.45) is 5.92 Å². The molecule has 0 N–H and O–H groups in total. The summed E-state index contributed by atoms with van der Waals surface area (Å²) in [6.45, 7) is 6.63. The monoisotopic (exact) mass is 305 g/mol. The SMILES string of the molecule is CCOCC1CCCN(C(=O)/C(C)=C/c2ccccc2F)C1. The van der Waals surface area contributed by atoms with Gasteiger partial charge in [-0.3, -0.25) is 4.79 Å². The zero-order valence-electron chi connectivity index (χ0n) is 13.3. The number of hydrogen-bond acceptors (Lipinski definition) is 2. The minimum atomic E-state index is -0.303. The standard InChI is InChI=1S/C18H24FNO2/c1-3-22-13-15-7-6-10-20(12-15)18(21)14(2)11-16-8-4-5-9-17(16)19/h4-5,8-9,11,15H,3,6-7,10,12-13H2,1-2H3/b14-11+. The third-order valence-corrected chi connectivity index (χ3v) is 3.98. The first-order valence-electron chi connectivity index (χ1n) is 7.91. The molecule has 1 heterocycles. The van der Waals surface area contributed by atoms with E-state index >= 15 is 0 Å². The van der Waals surface area contributed by atoms with Crippen molar-refractivity contribution in [1.29, 1.82) is 0 Å². The van der Waals surface area contributed by atoms with E-state index in [1.807, 2.05) is 11.8 Å². The number of nitrogens with zero attached hydrogens (tertiary/aromatic N) is 1. The Kier molecular flexibility index (Phi) is 6.13. The van der Waals surface area contributed by atoms with E-state index in [1.165, 1.54) is 6.07 Å². The van der Waals surface area contributed by atoms with E-state index in [0.717, 1.165) is 25.9 Å². The predicted octanol–water partition coefficient (Wildman–Crippen LogP) is 3.50. The van der Waals surface area contributed by atoms with E-state index in [2.05, 4.69) is 0 Å². The molecule has 1 amide bonds. The fourth-order valence-electron chi connectivity index (χ4n) is 2.81. The average molecular weight is 305 g/mol. The molecule has 120 valence electrons. The van der Waals surface area contributed by atoms with Crippen LogP contribution in [0.5, 0.6) is 0 Å². The third kappa shape index (κ3) is 4.41. The zero-order valence-corrected chi connectivity index (χ0v) is 13.3. The number of ether oxygens (including phenoxy) is 1. The molecule has 0 spiro atoms. The summed E-state index contributed by atoms with van der Waals surface area (Å²) in [5.74, 6) is 0.0888. The Balaban J connectivity index is 2.02. The fourth-order valence-corrected chi connectivity index (χ4v) is 2.81. The van der Waals surface area contributed by atoms with Gasteiger partial charge in [0.05, 0.1) is 6.61 Å². The van der Waals surface area contributed by atoms with Crippen LogP contribution in [0, 0.1) is 11.7 Å². The highest BCUT2D eigenvalue weighted by Crippen LogP contribution is 2.20. The van der Waals surface area contributed by atoms with Crippen molar-refractivity contribution in [1.82, 2.24) is 4.90 Å². The summed E-state index contributed by atoms with van der Waals surface area (Å²) in [5.41, 5.74) is 1.03. The van der Waals surface area contributed by atoms with Crippen LogP contribution in [0.25, 0.3) is 6.08 Å². The minimum Gasteiger partial charge on any atom is -0.381 e. The maximum absolute atomic E-state index is 13.7. The molecule has 1 aliphatic heterocycles. The van der Waals surface area contributed by atoms with Crippen LogP contribution >= 0.6 is 0 Å². The van der Waals surface area contributed by atoms with Gasteiger partial charge in [-0.25, -0.2) is 4.39 Å². The first-order chi connectivity index (χ1) is 10.6. The number of benzene rings is 1. The molecular formula is C18H24FNO2. The largest absolute Gasteiger partial charge is 0.381 e. The molecule has 1 aliphatic rings. The quantitative estimate of drug-likeness (QED) is 0.779. The smallest absolute Gasteiger partial charge is 0.249 e. The lowest BCUT2D eigenvalue weighted by Crippen LogP contribution is -2.41. The molecule has 0 bridgehead atoms. The number of amides is 1. The van der Waals surface area contributed by atoms with Crippen LogP contribution in [0.15, 0.2) is 29.8 Å². The molecule has 0 saturated carbocycles. The number of likely N-dealkylation sites (tertiary alicyclic amines) is 1. The van der Waals surface area contributed by atoms with Crippen LogP contribution < -0.4 is 0 Å². The van der Waals surface area contributed by atoms with E-state index in [9.17, 15) is 9.18 Å². The highest BCUT2D eigenvalue weighted by atomic mass is 19.1. The van der Waals surface area contributed by atoms with Gasteiger partial charge in [-0.1, -0.05) is 18.2 Å². The van der Waals surface area contributed by atoms with E-state index < -0.39 is 0 Å². The summed E-state index contributed by atoms with van der Waals surface area (Å²) < 4.78 is 19.1. The van der Waals surface area contributed by atoms with Crippen LogP contribution in [0.4, 0.5) is 4.39 Å². The van der Waals surface area contributed by atoms with Gasteiger partial charge in [0, 0.05) is 30.8 Å². The molecule has 1 aromatic carbocycles. The van der Waals surface area contributed by atoms with Crippen LogP contribution in [-0.4, -0.2) is 37.1 Å². The first kappa shape index (κ1) is 16.7. The van der Waals surface area contributed by atoms with Crippen molar-refractivity contribution in [2.45, 2.75) is 26.7 Å². The number of piperidine rings is 1. The fraction of sp³-hybridized carbons (Fsp3) is 0.500. The van der Waals surface area contributed by atoms with E-state index in [-0.39, 0.29) is 11.7 Å². The molecule has 3 nitrogen and oxygen atoms in total. The van der Waals surface area contributed by atoms with Gasteiger partial charge in [-0.05, 0) is 44.7 Å². The van der Waals surface area contributed by atoms with Crippen molar-refractivity contribution < 1.29 is 13.9 Å². The van der Waals surface area contributed by atoms with Crippen LogP contribution in [-0.2, 0) is 9.53 Å². The second kappa shape index (κ2) is 8.08. The van der Waals surface area contributed by atoms with Gasteiger partial charge in [0.1, 0.15) is 5.82 Å². The lowest BCUT2D eigenvalue weighted by molar-refractivity contribution is -0.129. The van der Waals surface area contributed by atoms with Gasteiger partial charge in [0.15, 0.2) is 0 Å². The van der Waals surface area contributed by atoms with E-state index in [4.69, 9.17) is 4.74 Å². The topological polar surface area (TPSA) is 29.5 Å². The van der Waals surface area contributed by atoms with E-state index in [1.54, 1.807) is 31.2 Å². The van der Waals surface area contributed by atoms with Gasteiger partial charge >= 0.3 is 0 Å². The maximum Gasteiger partial charge on any atom is 0.249 e. The molecule has 4 heteroatoms. The Morgan fingerprint density at radius 2 is 2.23 bits per heavy atom. The zero-order chi connectivity index (χ0) is 15.9. The van der Waals surface area contributed by atoms with Crippen LogP contribution in [0.1, 0.15) is 32.3 Å². The minimum absolute atomic E-state index is 0.00977. The molecule has 0 aliphatic carbocycles. The Hall–Kier alpha value is -1.68. The molecular weight excluding hydrogens is 281 g/mol.